The first-order valence-electron chi connectivity index (χ1n) is 8.74. The van der Waals surface area contributed by atoms with E-state index in [1.54, 1.807) is 6.20 Å². The lowest BCUT2D eigenvalue weighted by molar-refractivity contribution is -0.119. The summed E-state index contributed by atoms with van der Waals surface area (Å²) in [7, 11) is 0. The molecule has 0 unspecified atom stereocenters. The van der Waals surface area contributed by atoms with Gasteiger partial charge >= 0.3 is 0 Å². The molecule has 0 spiro atoms. The van der Waals surface area contributed by atoms with Crippen LogP contribution in [0.3, 0.4) is 0 Å². The van der Waals surface area contributed by atoms with Gasteiger partial charge in [0.1, 0.15) is 0 Å². The molecule has 2 aromatic rings. The molecule has 0 bridgehead atoms. The molecule has 1 heterocycles. The molecule has 1 amide bonds. The third-order valence-corrected chi connectivity index (χ3v) is 4.88. The van der Waals surface area contributed by atoms with Crippen LogP contribution in [0.5, 0.6) is 0 Å². The second-order valence-corrected chi connectivity index (χ2v) is 6.79. The Labute approximate surface area is 147 Å². The van der Waals surface area contributed by atoms with Gasteiger partial charge in [-0.25, -0.2) is 9.97 Å². The van der Waals surface area contributed by atoms with Gasteiger partial charge < -0.3 is 0 Å². The molecule has 0 fully saturated rings. The predicted molar refractivity (Wildman–Crippen MR) is 96.7 cm³/mol. The number of fused-ring (bicyclic) bond motifs is 1. The van der Waals surface area contributed by atoms with E-state index < -0.39 is 0 Å². The highest BCUT2D eigenvalue weighted by Crippen LogP contribution is 2.32. The van der Waals surface area contributed by atoms with Crippen LogP contribution < -0.4 is 5.32 Å². The summed E-state index contributed by atoms with van der Waals surface area (Å²) in [5, 5.41) is 2.75. The van der Waals surface area contributed by atoms with Crippen molar-refractivity contribution in [3.63, 3.8) is 0 Å². The summed E-state index contributed by atoms with van der Waals surface area (Å²) < 4.78 is 0. The number of nitrogens with zero attached hydrogens (tertiary/aromatic N) is 2. The third-order valence-electron chi connectivity index (χ3n) is 4.88. The van der Waals surface area contributed by atoms with Gasteiger partial charge in [0, 0.05) is 18.5 Å². The highest BCUT2D eigenvalue weighted by atomic mass is 16.2. The summed E-state index contributed by atoms with van der Waals surface area (Å²) in [4.78, 5) is 33.1. The first kappa shape index (κ1) is 17.3. The molecule has 1 aliphatic carbocycles. The first-order chi connectivity index (χ1) is 12.0. The smallest absolute Gasteiger partial charge is 0.229 e. The Kier molecular flexibility index (Phi) is 4.93. The van der Waals surface area contributed by atoms with Crippen molar-refractivity contribution in [1.29, 1.82) is 0 Å². The molecule has 5 nitrogen and oxygen atoms in total. The molecule has 0 saturated carbocycles. The number of anilines is 1. The Morgan fingerprint density at radius 3 is 2.68 bits per heavy atom. The number of nitrogens with one attached hydrogen (secondary N) is 1. The van der Waals surface area contributed by atoms with Crippen molar-refractivity contribution in [3.8, 4) is 0 Å². The largest absolute Gasteiger partial charge is 0.294 e. The summed E-state index contributed by atoms with van der Waals surface area (Å²) in [5.41, 5.74) is 3.64. The number of aryl methyl sites for hydroxylation is 1. The molecular weight excluding hydrogens is 314 g/mol. The Balaban J connectivity index is 1.83. The van der Waals surface area contributed by atoms with Crippen molar-refractivity contribution in [2.24, 2.45) is 5.92 Å². The molecule has 5 heteroatoms. The fourth-order valence-electron chi connectivity index (χ4n) is 3.00. The van der Waals surface area contributed by atoms with Gasteiger partial charge in [-0.3, -0.25) is 14.9 Å². The van der Waals surface area contributed by atoms with Crippen LogP contribution in [-0.2, 0) is 11.2 Å². The summed E-state index contributed by atoms with van der Waals surface area (Å²) in [5.74, 6) is 0.267. The van der Waals surface area contributed by atoms with Crippen LogP contribution in [0.2, 0.25) is 0 Å². The molecule has 25 heavy (non-hydrogen) atoms. The van der Waals surface area contributed by atoms with Gasteiger partial charge in [-0.2, -0.15) is 0 Å². The van der Waals surface area contributed by atoms with Gasteiger partial charge in [-0.15, -0.1) is 0 Å². The zero-order valence-corrected chi connectivity index (χ0v) is 14.9. The third kappa shape index (κ3) is 3.76. The average Bonchev–Trinajstić information content (AvgIpc) is 2.61. The Morgan fingerprint density at radius 2 is 2.00 bits per heavy atom. The van der Waals surface area contributed by atoms with E-state index in [4.69, 9.17) is 0 Å². The van der Waals surface area contributed by atoms with E-state index in [0.717, 1.165) is 17.7 Å². The van der Waals surface area contributed by atoms with Crippen LogP contribution in [0.15, 0.2) is 30.5 Å². The number of carbonyl (C=O) groups excluding carboxylic acids is 2. The minimum Gasteiger partial charge on any atom is -0.294 e. The zero-order chi connectivity index (χ0) is 18.0. The maximum Gasteiger partial charge on any atom is 0.229 e. The van der Waals surface area contributed by atoms with E-state index in [9.17, 15) is 9.59 Å². The van der Waals surface area contributed by atoms with E-state index in [1.165, 1.54) is 5.56 Å². The summed E-state index contributed by atoms with van der Waals surface area (Å²) >= 11 is 0. The topological polar surface area (TPSA) is 72.0 Å². The molecule has 1 aromatic heterocycles. The van der Waals surface area contributed by atoms with Gasteiger partial charge in [-0.1, -0.05) is 43.7 Å². The van der Waals surface area contributed by atoms with E-state index in [1.807, 2.05) is 20.8 Å². The number of hydrogen-bond acceptors (Lipinski definition) is 4. The molecule has 1 N–H and O–H groups in total. The van der Waals surface area contributed by atoms with Gasteiger partial charge in [0.15, 0.2) is 5.78 Å². The number of benzene rings is 1. The second-order valence-electron chi connectivity index (χ2n) is 6.79. The van der Waals surface area contributed by atoms with Crippen molar-refractivity contribution in [2.45, 2.75) is 46.0 Å². The van der Waals surface area contributed by atoms with Crippen molar-refractivity contribution in [2.75, 3.05) is 5.32 Å². The zero-order valence-electron chi connectivity index (χ0n) is 14.9. The number of Topliss-reactive ketones (excluding diaryl/α,β-unsaturated/α-hetero) is 1. The molecule has 130 valence electrons. The maximum atomic E-state index is 12.5. The van der Waals surface area contributed by atoms with Crippen LogP contribution in [0.4, 0.5) is 5.95 Å². The molecule has 3 rings (SSSR count). The molecule has 0 saturated heterocycles. The van der Waals surface area contributed by atoms with Gasteiger partial charge in [0.05, 0.1) is 11.3 Å². The summed E-state index contributed by atoms with van der Waals surface area (Å²) in [6.07, 6.45) is 3.45. The number of hydrogen-bond donors (Lipinski definition) is 1. The number of aromatic nitrogens is 2. The molecular formula is C20H23N3O2. The average molecular weight is 337 g/mol. The lowest BCUT2D eigenvalue weighted by Crippen LogP contribution is -2.24. The van der Waals surface area contributed by atoms with Crippen LogP contribution in [-0.4, -0.2) is 21.7 Å². The van der Waals surface area contributed by atoms with Gasteiger partial charge in [-0.05, 0) is 31.2 Å². The molecule has 0 radical (unpaired) electrons. The fraction of sp³-hybridized carbons (Fsp3) is 0.400. The summed E-state index contributed by atoms with van der Waals surface area (Å²) in [6.45, 7) is 5.87. The van der Waals surface area contributed by atoms with Gasteiger partial charge in [0.25, 0.3) is 0 Å². The van der Waals surface area contributed by atoms with E-state index in [-0.39, 0.29) is 29.5 Å². The Hall–Kier alpha value is -2.56. The molecule has 2 atom stereocenters. The minimum absolute atomic E-state index is 0.0617. The fourth-order valence-corrected chi connectivity index (χ4v) is 3.00. The van der Waals surface area contributed by atoms with E-state index >= 15 is 0 Å². The van der Waals surface area contributed by atoms with Crippen LogP contribution in [0.25, 0.3) is 0 Å². The quantitative estimate of drug-likeness (QED) is 0.924. The van der Waals surface area contributed by atoms with E-state index in [2.05, 4.69) is 39.6 Å². The Bertz CT molecular complexity index is 799. The molecule has 1 aliphatic rings. The highest BCUT2D eigenvalue weighted by molar-refractivity contribution is 5.99. The van der Waals surface area contributed by atoms with Crippen molar-refractivity contribution in [3.05, 3.63) is 52.8 Å². The van der Waals surface area contributed by atoms with E-state index in [0.29, 0.717) is 18.4 Å². The lowest BCUT2D eigenvalue weighted by atomic mass is 9.82. The molecule has 0 aliphatic heterocycles. The summed E-state index contributed by atoms with van der Waals surface area (Å²) in [6, 6.07) is 8.27. The van der Waals surface area contributed by atoms with Crippen LogP contribution in [0, 0.1) is 12.8 Å². The number of carbonyl (C=O) groups is 2. The van der Waals surface area contributed by atoms with Crippen LogP contribution in [0.1, 0.15) is 59.8 Å². The first-order valence-corrected chi connectivity index (χ1v) is 8.74. The minimum atomic E-state index is -0.0975. The van der Waals surface area contributed by atoms with Crippen molar-refractivity contribution >= 4 is 17.6 Å². The van der Waals surface area contributed by atoms with Crippen molar-refractivity contribution < 1.29 is 9.59 Å². The standard InChI is InChI=1S/C20H23N3O2/c1-4-13(3)19(25)23-20-21-11-16-17(22-20)9-15(10-18(16)24)14-7-5-12(2)6-8-14/h5-8,11,13,15H,4,9-10H2,1-3H3,(H,21,22,23,25)/t13-,15+/m1/s1. The SMILES string of the molecule is CC[C@@H](C)C(=O)Nc1ncc2c(n1)C[C@H](c1ccc(C)cc1)CC2=O. The van der Waals surface area contributed by atoms with Gasteiger partial charge in [0.2, 0.25) is 11.9 Å². The second kappa shape index (κ2) is 7.13. The number of amides is 1. The Morgan fingerprint density at radius 1 is 1.28 bits per heavy atom. The number of rotatable bonds is 4. The van der Waals surface area contributed by atoms with Crippen LogP contribution >= 0.6 is 0 Å². The highest BCUT2D eigenvalue weighted by Gasteiger charge is 2.28. The number of ketones is 1. The predicted octanol–water partition coefficient (Wildman–Crippen LogP) is 3.68. The lowest BCUT2D eigenvalue weighted by Gasteiger charge is -2.23. The van der Waals surface area contributed by atoms with Crippen molar-refractivity contribution in [1.82, 2.24) is 9.97 Å². The molecule has 1 aromatic carbocycles. The normalized spacial score (nSPS) is 17.7. The maximum absolute atomic E-state index is 12.5. The monoisotopic (exact) mass is 337 g/mol.